The lowest BCUT2D eigenvalue weighted by atomic mass is 10.1. The molecule has 0 aliphatic carbocycles. The largest absolute Gasteiger partial charge is 0.469 e. The minimum atomic E-state index is -4.66. The zero-order chi connectivity index (χ0) is 23.4. The summed E-state index contributed by atoms with van der Waals surface area (Å²) in [6, 6.07) is 8.54. The Morgan fingerprint density at radius 2 is 2.06 bits per heavy atom. The molecule has 3 aromatic rings. The Morgan fingerprint density at radius 1 is 1.24 bits per heavy atom. The van der Waals surface area contributed by atoms with Crippen LogP contribution >= 0.6 is 0 Å². The van der Waals surface area contributed by atoms with Crippen molar-refractivity contribution < 1.29 is 30.7 Å². The standard InChI is InChI=1S/C22H22F3N3O4S/c1-14-27-19-6-5-17(10-20(19)31-14)32-21(11-16-12-26-7-8-28(16)13-21)33(29,30)18-4-2-3-15(9-18)22(23,24)25/h2-6,9-10,16,26H,7-8,11-13H2,1H3/t16-,21-/m0/s1. The molecule has 2 aromatic carbocycles. The number of oxazole rings is 1. The SMILES string of the molecule is Cc1nc2ccc(O[C@]3(S(=O)(=O)c4cccc(C(F)(F)F)c4)C[C@H]4CNCCN4C3)cc2o1. The number of aromatic nitrogens is 1. The topological polar surface area (TPSA) is 84.7 Å². The number of halogens is 3. The van der Waals surface area contributed by atoms with E-state index in [1.54, 1.807) is 25.1 Å². The molecule has 1 aromatic heterocycles. The number of hydrogen-bond donors (Lipinski definition) is 1. The number of benzene rings is 2. The van der Waals surface area contributed by atoms with Gasteiger partial charge >= 0.3 is 6.18 Å². The van der Waals surface area contributed by atoms with E-state index in [0.29, 0.717) is 42.7 Å². The summed E-state index contributed by atoms with van der Waals surface area (Å²) >= 11 is 0. The van der Waals surface area contributed by atoms with Crippen molar-refractivity contribution in [3.05, 3.63) is 53.9 Å². The molecule has 33 heavy (non-hydrogen) atoms. The number of alkyl halides is 3. The van der Waals surface area contributed by atoms with Crippen LogP contribution in [-0.4, -0.2) is 55.5 Å². The first kappa shape index (κ1) is 22.2. The lowest BCUT2D eigenvalue weighted by molar-refractivity contribution is -0.137. The molecule has 0 amide bonds. The van der Waals surface area contributed by atoms with E-state index in [9.17, 15) is 21.6 Å². The highest BCUT2D eigenvalue weighted by atomic mass is 32.2. The minimum absolute atomic E-state index is 0.0470. The third-order valence-corrected chi connectivity index (χ3v) is 8.43. The van der Waals surface area contributed by atoms with Crippen molar-refractivity contribution in [3.63, 3.8) is 0 Å². The molecule has 0 bridgehead atoms. The van der Waals surface area contributed by atoms with Crippen molar-refractivity contribution in [2.45, 2.75) is 35.4 Å². The third kappa shape index (κ3) is 3.87. The fraction of sp³-hybridized carbons (Fsp3) is 0.409. The molecule has 1 N–H and O–H groups in total. The van der Waals surface area contributed by atoms with E-state index in [0.717, 1.165) is 12.1 Å². The van der Waals surface area contributed by atoms with Crippen LogP contribution in [0.2, 0.25) is 0 Å². The van der Waals surface area contributed by atoms with Gasteiger partial charge in [-0.1, -0.05) is 6.07 Å². The molecule has 2 saturated heterocycles. The summed E-state index contributed by atoms with van der Waals surface area (Å²) in [7, 11) is -4.33. The number of nitrogens with one attached hydrogen (secondary N) is 1. The molecule has 0 spiro atoms. The van der Waals surface area contributed by atoms with E-state index < -0.39 is 31.4 Å². The van der Waals surface area contributed by atoms with Gasteiger partial charge in [-0.3, -0.25) is 4.90 Å². The lowest BCUT2D eigenvalue weighted by Crippen LogP contribution is -2.49. The molecule has 0 saturated carbocycles. The van der Waals surface area contributed by atoms with Crippen molar-refractivity contribution in [2.75, 3.05) is 26.2 Å². The smallest absolute Gasteiger partial charge is 0.416 e. The van der Waals surface area contributed by atoms with Crippen LogP contribution in [0.15, 0.2) is 51.8 Å². The van der Waals surface area contributed by atoms with Gasteiger partial charge in [-0.2, -0.15) is 13.2 Å². The number of sulfone groups is 1. The predicted octanol–water partition coefficient (Wildman–Crippen LogP) is 3.38. The molecule has 0 radical (unpaired) electrons. The van der Waals surface area contributed by atoms with Gasteiger partial charge in [0, 0.05) is 45.1 Å². The van der Waals surface area contributed by atoms with E-state index >= 15 is 0 Å². The quantitative estimate of drug-likeness (QED) is 0.612. The van der Waals surface area contributed by atoms with Crippen molar-refractivity contribution in [1.82, 2.24) is 15.2 Å². The molecule has 2 aliphatic rings. The maximum absolute atomic E-state index is 13.9. The van der Waals surface area contributed by atoms with Crippen LogP contribution in [0.4, 0.5) is 13.2 Å². The molecule has 176 valence electrons. The van der Waals surface area contributed by atoms with Crippen LogP contribution in [0.3, 0.4) is 0 Å². The molecule has 2 aliphatic heterocycles. The highest BCUT2D eigenvalue weighted by Gasteiger charge is 2.56. The number of rotatable bonds is 4. The van der Waals surface area contributed by atoms with Gasteiger partial charge in [0.05, 0.1) is 17.0 Å². The zero-order valence-electron chi connectivity index (χ0n) is 17.7. The van der Waals surface area contributed by atoms with Crippen molar-refractivity contribution in [1.29, 1.82) is 0 Å². The van der Waals surface area contributed by atoms with Gasteiger partial charge < -0.3 is 14.5 Å². The molecular weight excluding hydrogens is 459 g/mol. The molecule has 0 unspecified atom stereocenters. The van der Waals surface area contributed by atoms with E-state index in [1.807, 2.05) is 4.90 Å². The van der Waals surface area contributed by atoms with Crippen LogP contribution in [0.25, 0.3) is 11.1 Å². The van der Waals surface area contributed by atoms with Crippen molar-refractivity contribution in [2.24, 2.45) is 0 Å². The van der Waals surface area contributed by atoms with E-state index in [-0.39, 0.29) is 24.8 Å². The first-order valence-electron chi connectivity index (χ1n) is 10.5. The van der Waals surface area contributed by atoms with Crippen molar-refractivity contribution in [3.8, 4) is 5.75 Å². The number of fused-ring (bicyclic) bond motifs is 2. The number of aryl methyl sites for hydroxylation is 1. The van der Waals surface area contributed by atoms with Gasteiger partial charge in [-0.15, -0.1) is 0 Å². The third-order valence-electron chi connectivity index (χ3n) is 6.19. The molecule has 2 atom stereocenters. The second kappa shape index (κ2) is 7.71. The fourth-order valence-corrected chi connectivity index (χ4v) is 6.54. The molecular formula is C22H22F3N3O4S. The second-order valence-corrected chi connectivity index (χ2v) is 10.7. The van der Waals surface area contributed by atoms with Gasteiger partial charge in [-0.05, 0) is 30.3 Å². The van der Waals surface area contributed by atoms with Crippen LogP contribution in [0.5, 0.6) is 5.75 Å². The van der Waals surface area contributed by atoms with Crippen molar-refractivity contribution >= 4 is 20.9 Å². The van der Waals surface area contributed by atoms with Gasteiger partial charge in [0.2, 0.25) is 14.8 Å². The van der Waals surface area contributed by atoms with Crippen LogP contribution < -0.4 is 10.1 Å². The molecule has 5 rings (SSSR count). The Labute approximate surface area is 188 Å². The summed E-state index contributed by atoms with van der Waals surface area (Å²) in [5.41, 5.74) is 0.0198. The molecule has 3 heterocycles. The number of ether oxygens (including phenoxy) is 1. The minimum Gasteiger partial charge on any atom is -0.469 e. The van der Waals surface area contributed by atoms with Crippen LogP contribution in [0.1, 0.15) is 17.9 Å². The Bertz CT molecular complexity index is 1290. The Morgan fingerprint density at radius 3 is 2.82 bits per heavy atom. The van der Waals surface area contributed by atoms with E-state index in [1.165, 1.54) is 6.07 Å². The molecule has 11 heteroatoms. The Balaban J connectivity index is 1.59. The maximum atomic E-state index is 13.9. The maximum Gasteiger partial charge on any atom is 0.416 e. The second-order valence-electron chi connectivity index (χ2n) is 8.44. The first-order valence-corrected chi connectivity index (χ1v) is 12.0. The van der Waals surface area contributed by atoms with Gasteiger partial charge in [0.25, 0.3) is 0 Å². The Hall–Kier alpha value is -2.63. The predicted molar refractivity (Wildman–Crippen MR) is 114 cm³/mol. The zero-order valence-corrected chi connectivity index (χ0v) is 18.5. The number of nitrogens with zero attached hydrogens (tertiary/aromatic N) is 2. The number of piperazine rings is 1. The summed E-state index contributed by atoms with van der Waals surface area (Å²) in [6.45, 7) is 3.63. The number of hydrogen-bond acceptors (Lipinski definition) is 7. The van der Waals surface area contributed by atoms with Gasteiger partial charge in [0.1, 0.15) is 11.3 Å². The average molecular weight is 481 g/mol. The summed E-state index contributed by atoms with van der Waals surface area (Å²) in [5, 5.41) is 3.24. The van der Waals surface area contributed by atoms with E-state index in [4.69, 9.17) is 9.15 Å². The molecule has 2 fully saturated rings. The highest BCUT2D eigenvalue weighted by molar-refractivity contribution is 7.92. The summed E-state index contributed by atoms with van der Waals surface area (Å²) < 4.78 is 79.4. The summed E-state index contributed by atoms with van der Waals surface area (Å²) in [4.78, 5) is 4.07. The Kier molecular flexibility index (Phi) is 5.18. The van der Waals surface area contributed by atoms with Crippen LogP contribution in [-0.2, 0) is 16.0 Å². The molecule has 7 nitrogen and oxygen atoms in total. The fourth-order valence-electron chi connectivity index (χ4n) is 4.62. The summed E-state index contributed by atoms with van der Waals surface area (Å²) in [6.07, 6.45) is -4.54. The average Bonchev–Trinajstić information content (AvgIpc) is 3.33. The first-order chi connectivity index (χ1) is 15.6. The van der Waals surface area contributed by atoms with Gasteiger partial charge in [0.15, 0.2) is 11.5 Å². The van der Waals surface area contributed by atoms with E-state index in [2.05, 4.69) is 10.3 Å². The lowest BCUT2D eigenvalue weighted by Gasteiger charge is -2.31. The normalized spacial score (nSPS) is 24.2. The monoisotopic (exact) mass is 481 g/mol. The van der Waals surface area contributed by atoms with Gasteiger partial charge in [-0.25, -0.2) is 13.4 Å². The highest BCUT2D eigenvalue weighted by Crippen LogP contribution is 2.41. The summed E-state index contributed by atoms with van der Waals surface area (Å²) in [5.74, 6) is 0.708. The van der Waals surface area contributed by atoms with Crippen LogP contribution in [0, 0.1) is 6.92 Å².